The molecule has 16 heteroatoms. The molecular formula is C33H38N2O14. The summed E-state index contributed by atoms with van der Waals surface area (Å²) in [5.41, 5.74) is 1.31. The second-order valence-electron chi connectivity index (χ2n) is 10.7. The lowest BCUT2D eigenvalue weighted by Gasteiger charge is -2.44. The molecule has 2 amide bonds. The van der Waals surface area contributed by atoms with Crippen molar-refractivity contribution in [1.29, 1.82) is 0 Å². The van der Waals surface area contributed by atoms with Gasteiger partial charge in [-0.3, -0.25) is 24.0 Å². The highest BCUT2D eigenvalue weighted by Crippen LogP contribution is 2.28. The summed E-state index contributed by atoms with van der Waals surface area (Å²) in [5, 5.41) is 4.78. The van der Waals surface area contributed by atoms with E-state index < -0.39 is 91.6 Å². The molecule has 0 saturated carbocycles. The Labute approximate surface area is 281 Å². The van der Waals surface area contributed by atoms with E-state index in [1.807, 2.05) is 0 Å². The fraction of sp³-hybridized carbons (Fsp3) is 0.424. The molecule has 16 nitrogen and oxygen atoms in total. The Kier molecular flexibility index (Phi) is 14.5. The molecule has 1 aliphatic heterocycles. The van der Waals surface area contributed by atoms with E-state index in [1.54, 1.807) is 60.7 Å². The second-order valence-corrected chi connectivity index (χ2v) is 10.7. The molecule has 1 aliphatic rings. The van der Waals surface area contributed by atoms with Gasteiger partial charge in [-0.15, -0.1) is 0 Å². The standard InChI is InChI=1S/C33H38N2O14/c1-19(36)43-18-26-28(46-20(2)37)29(47-21(3)38)30(48-22(4)39)31(49-26)35-27(40)15-25(32(41)44-16-23-11-7-5-8-12-23)34-33(42)45-17-24-13-9-6-10-14-24/h5-14,25-26,28-31H,15-18H2,1-4H3,(H,34,42)(H,35,40)/t25-,26?,28+,29?,30?,31-/m0/s1. The van der Waals surface area contributed by atoms with Crippen molar-refractivity contribution in [1.82, 2.24) is 10.6 Å². The molecule has 49 heavy (non-hydrogen) atoms. The van der Waals surface area contributed by atoms with Gasteiger partial charge in [-0.1, -0.05) is 60.7 Å². The van der Waals surface area contributed by atoms with Gasteiger partial charge in [0, 0.05) is 27.7 Å². The fourth-order valence-electron chi connectivity index (χ4n) is 4.68. The molecule has 1 saturated heterocycles. The number of carbonyl (C=O) groups excluding carboxylic acids is 7. The molecule has 2 aromatic carbocycles. The Morgan fingerprint density at radius 2 is 1.16 bits per heavy atom. The van der Waals surface area contributed by atoms with E-state index in [-0.39, 0.29) is 13.2 Å². The Hall–Kier alpha value is -5.51. The Balaban J connectivity index is 1.84. The molecule has 0 aromatic heterocycles. The first-order chi connectivity index (χ1) is 23.3. The van der Waals surface area contributed by atoms with Gasteiger partial charge in [0.1, 0.15) is 32.0 Å². The van der Waals surface area contributed by atoms with Crippen LogP contribution < -0.4 is 10.6 Å². The molecule has 3 rings (SSSR count). The summed E-state index contributed by atoms with van der Waals surface area (Å²) in [7, 11) is 0. The van der Waals surface area contributed by atoms with Crippen molar-refractivity contribution >= 4 is 41.8 Å². The molecule has 2 aromatic rings. The zero-order chi connectivity index (χ0) is 35.9. The minimum absolute atomic E-state index is 0.130. The van der Waals surface area contributed by atoms with E-state index >= 15 is 0 Å². The first kappa shape index (κ1) is 37.9. The monoisotopic (exact) mass is 686 g/mol. The molecule has 264 valence electrons. The number of carbonyl (C=O) groups is 7. The van der Waals surface area contributed by atoms with Gasteiger partial charge >= 0.3 is 35.9 Å². The van der Waals surface area contributed by atoms with Gasteiger partial charge in [-0.05, 0) is 11.1 Å². The number of esters is 5. The van der Waals surface area contributed by atoms with Crippen LogP contribution in [0.2, 0.25) is 0 Å². The van der Waals surface area contributed by atoms with E-state index in [0.717, 1.165) is 27.7 Å². The van der Waals surface area contributed by atoms with E-state index in [0.29, 0.717) is 11.1 Å². The molecular weight excluding hydrogens is 648 g/mol. The largest absolute Gasteiger partial charge is 0.463 e. The van der Waals surface area contributed by atoms with Crippen LogP contribution in [-0.4, -0.2) is 85.1 Å². The highest BCUT2D eigenvalue weighted by molar-refractivity contribution is 5.88. The molecule has 0 bridgehead atoms. The maximum atomic E-state index is 13.4. The highest BCUT2D eigenvalue weighted by atomic mass is 16.7. The van der Waals surface area contributed by atoms with Gasteiger partial charge in [-0.25, -0.2) is 9.59 Å². The molecule has 0 radical (unpaired) electrons. The van der Waals surface area contributed by atoms with Crippen molar-refractivity contribution in [2.45, 2.75) is 84.0 Å². The minimum Gasteiger partial charge on any atom is -0.463 e. The lowest BCUT2D eigenvalue weighted by molar-refractivity contribution is -0.257. The van der Waals surface area contributed by atoms with Crippen LogP contribution in [0.5, 0.6) is 0 Å². The zero-order valence-corrected chi connectivity index (χ0v) is 27.3. The summed E-state index contributed by atoms with van der Waals surface area (Å²) in [4.78, 5) is 87.1. The van der Waals surface area contributed by atoms with Gasteiger partial charge in [-0.2, -0.15) is 0 Å². The van der Waals surface area contributed by atoms with Gasteiger partial charge in [0.15, 0.2) is 24.5 Å². The quantitative estimate of drug-likeness (QED) is 0.214. The lowest BCUT2D eigenvalue weighted by atomic mass is 9.97. The molecule has 0 spiro atoms. The van der Waals surface area contributed by atoms with E-state index in [2.05, 4.69) is 10.6 Å². The van der Waals surface area contributed by atoms with Crippen LogP contribution in [0.1, 0.15) is 45.2 Å². The molecule has 3 unspecified atom stereocenters. The highest BCUT2D eigenvalue weighted by Gasteiger charge is 2.52. The summed E-state index contributed by atoms with van der Waals surface area (Å²) in [6.07, 6.45) is -9.24. The number of hydrogen-bond acceptors (Lipinski definition) is 14. The van der Waals surface area contributed by atoms with Gasteiger partial charge in [0.25, 0.3) is 0 Å². The predicted octanol–water partition coefficient (Wildman–Crippen LogP) is 1.61. The third-order valence-corrected chi connectivity index (χ3v) is 6.70. The molecule has 1 heterocycles. The fourth-order valence-corrected chi connectivity index (χ4v) is 4.68. The first-order valence-corrected chi connectivity index (χ1v) is 15.1. The molecule has 6 atom stereocenters. The van der Waals surface area contributed by atoms with E-state index in [4.69, 9.17) is 33.2 Å². The van der Waals surface area contributed by atoms with Crippen LogP contribution >= 0.6 is 0 Å². The number of benzene rings is 2. The first-order valence-electron chi connectivity index (χ1n) is 15.1. The normalized spacial score (nSPS) is 20.4. The number of ether oxygens (including phenoxy) is 7. The Morgan fingerprint density at radius 1 is 0.653 bits per heavy atom. The summed E-state index contributed by atoms with van der Waals surface area (Å²) >= 11 is 0. The summed E-state index contributed by atoms with van der Waals surface area (Å²) in [6, 6.07) is 15.8. The average Bonchev–Trinajstić information content (AvgIpc) is 3.04. The minimum atomic E-state index is -1.60. The third-order valence-electron chi connectivity index (χ3n) is 6.70. The van der Waals surface area contributed by atoms with Crippen LogP contribution in [0.15, 0.2) is 60.7 Å². The van der Waals surface area contributed by atoms with Crippen molar-refractivity contribution in [3.8, 4) is 0 Å². The van der Waals surface area contributed by atoms with Gasteiger partial charge in [0.2, 0.25) is 5.91 Å². The van der Waals surface area contributed by atoms with Crippen LogP contribution in [0.4, 0.5) is 4.79 Å². The van der Waals surface area contributed by atoms with Crippen molar-refractivity contribution in [3.05, 3.63) is 71.8 Å². The maximum absolute atomic E-state index is 13.4. The zero-order valence-electron chi connectivity index (χ0n) is 27.3. The van der Waals surface area contributed by atoms with E-state index in [1.165, 1.54) is 0 Å². The maximum Gasteiger partial charge on any atom is 0.408 e. The summed E-state index contributed by atoms with van der Waals surface area (Å²) in [6.45, 7) is 3.45. The number of hydrogen-bond donors (Lipinski definition) is 2. The van der Waals surface area contributed by atoms with Crippen molar-refractivity contribution in [3.63, 3.8) is 0 Å². The van der Waals surface area contributed by atoms with Crippen LogP contribution in [0.25, 0.3) is 0 Å². The summed E-state index contributed by atoms with van der Waals surface area (Å²) < 4.78 is 37.5. The Morgan fingerprint density at radius 3 is 1.69 bits per heavy atom. The van der Waals surface area contributed by atoms with Crippen molar-refractivity contribution in [2.24, 2.45) is 0 Å². The average molecular weight is 687 g/mol. The Bertz CT molecular complexity index is 1470. The van der Waals surface area contributed by atoms with Crippen molar-refractivity contribution < 1.29 is 66.7 Å². The van der Waals surface area contributed by atoms with Crippen molar-refractivity contribution in [2.75, 3.05) is 6.61 Å². The van der Waals surface area contributed by atoms with Crippen LogP contribution in [-0.2, 0) is 75.1 Å². The smallest absolute Gasteiger partial charge is 0.408 e. The molecule has 0 aliphatic carbocycles. The topological polar surface area (TPSA) is 208 Å². The summed E-state index contributed by atoms with van der Waals surface area (Å²) in [5.74, 6) is -5.20. The predicted molar refractivity (Wildman–Crippen MR) is 165 cm³/mol. The molecule has 1 fully saturated rings. The van der Waals surface area contributed by atoms with Crippen LogP contribution in [0.3, 0.4) is 0 Å². The van der Waals surface area contributed by atoms with Gasteiger partial charge < -0.3 is 43.8 Å². The number of rotatable bonds is 14. The molecule has 2 N–H and O–H groups in total. The third kappa shape index (κ3) is 12.9. The lowest BCUT2D eigenvalue weighted by Crippen LogP contribution is -2.66. The second kappa shape index (κ2) is 18.7. The number of alkyl carbamates (subject to hydrolysis) is 1. The van der Waals surface area contributed by atoms with Crippen LogP contribution in [0, 0.1) is 0 Å². The number of amides is 2. The van der Waals surface area contributed by atoms with E-state index in [9.17, 15) is 33.6 Å². The number of nitrogens with one attached hydrogen (secondary N) is 2. The van der Waals surface area contributed by atoms with Gasteiger partial charge in [0.05, 0.1) is 6.42 Å². The SMILES string of the molecule is CC(=O)OCC1O[C@H](NC(=O)C[C@H](NC(=O)OCc2ccccc2)C(=O)OCc2ccccc2)C(OC(C)=O)C(OC(C)=O)[C@@H]1OC(C)=O.